The molecule has 2 aliphatic rings. The molecule has 0 amide bonds. The Hall–Kier alpha value is -2.81. The van der Waals surface area contributed by atoms with E-state index in [2.05, 4.69) is 13.8 Å². The molecule has 0 heterocycles. The summed E-state index contributed by atoms with van der Waals surface area (Å²) in [5, 5.41) is 0. The van der Waals surface area contributed by atoms with Crippen LogP contribution in [0.3, 0.4) is 0 Å². The van der Waals surface area contributed by atoms with Crippen molar-refractivity contribution in [2.75, 3.05) is 14.2 Å². The van der Waals surface area contributed by atoms with Crippen molar-refractivity contribution in [2.45, 2.75) is 226 Å². The predicted octanol–water partition coefficient (Wildman–Crippen LogP) is 12.4. The van der Waals surface area contributed by atoms with Crippen LogP contribution in [0.4, 0.5) is 0 Å². The molecule has 0 bridgehead atoms. The lowest BCUT2D eigenvalue weighted by Crippen LogP contribution is -2.45. The number of esters is 4. The monoisotopic (exact) mass is 842 g/mol. The van der Waals surface area contributed by atoms with Crippen LogP contribution in [0.1, 0.15) is 220 Å². The second kappa shape index (κ2) is 32.0. The first-order valence-corrected chi connectivity index (χ1v) is 24.7. The highest BCUT2D eigenvalue weighted by Crippen LogP contribution is 2.52. The SMILES string of the molecule is CCCCCCCCCCCCCCCCC1=CC(C(=O)OC(=O)C(N)C(C)C)C2C(=O)C(C(=O)OC)=C(CCCCCCCCCCCCCCCC)C2C1C(=O)OC. The van der Waals surface area contributed by atoms with Gasteiger partial charge in [-0.25, -0.2) is 9.59 Å². The topological polar surface area (TPSA) is 139 Å². The van der Waals surface area contributed by atoms with Crippen LogP contribution in [0, 0.1) is 29.6 Å². The lowest BCUT2D eigenvalue weighted by atomic mass is 9.65. The maximum absolute atomic E-state index is 14.3. The van der Waals surface area contributed by atoms with Crippen molar-refractivity contribution in [3.8, 4) is 0 Å². The molecular weight excluding hydrogens is 755 g/mol. The van der Waals surface area contributed by atoms with Crippen molar-refractivity contribution >= 4 is 29.7 Å². The van der Waals surface area contributed by atoms with Gasteiger partial charge in [-0.1, -0.05) is 206 Å². The average molecular weight is 842 g/mol. The van der Waals surface area contributed by atoms with Crippen molar-refractivity contribution in [2.24, 2.45) is 35.3 Å². The predicted molar refractivity (Wildman–Crippen MR) is 242 cm³/mol. The Morgan fingerprint density at radius 2 is 0.967 bits per heavy atom. The maximum atomic E-state index is 14.3. The number of Topliss-reactive ketones (excluding diaryl/α,β-unsaturated/α-hetero) is 1. The minimum atomic E-state index is -1.16. The van der Waals surface area contributed by atoms with E-state index in [-0.39, 0.29) is 11.5 Å². The summed E-state index contributed by atoms with van der Waals surface area (Å²) in [6, 6.07) is -1.02. The highest BCUT2D eigenvalue weighted by Gasteiger charge is 2.57. The number of rotatable bonds is 35. The van der Waals surface area contributed by atoms with Gasteiger partial charge in [-0.3, -0.25) is 14.4 Å². The van der Waals surface area contributed by atoms with E-state index >= 15 is 0 Å². The molecule has 0 radical (unpaired) electrons. The summed E-state index contributed by atoms with van der Waals surface area (Å²) in [4.78, 5) is 68.4. The minimum Gasteiger partial charge on any atom is -0.469 e. The van der Waals surface area contributed by atoms with Crippen LogP contribution in [0.25, 0.3) is 0 Å². The van der Waals surface area contributed by atoms with E-state index in [1.807, 2.05) is 0 Å². The number of ether oxygens (including phenoxy) is 3. The van der Waals surface area contributed by atoms with Crippen molar-refractivity contribution in [1.29, 1.82) is 0 Å². The molecule has 5 unspecified atom stereocenters. The first-order valence-electron chi connectivity index (χ1n) is 24.7. The molecule has 0 fully saturated rings. The lowest BCUT2D eigenvalue weighted by molar-refractivity contribution is -0.166. The van der Waals surface area contributed by atoms with Crippen molar-refractivity contribution in [3.63, 3.8) is 0 Å². The lowest BCUT2D eigenvalue weighted by Gasteiger charge is -2.37. The van der Waals surface area contributed by atoms with Crippen LogP contribution < -0.4 is 5.73 Å². The van der Waals surface area contributed by atoms with E-state index < -0.39 is 59.4 Å². The molecular formula is C51H87NO8. The number of hydrogen-bond acceptors (Lipinski definition) is 9. The van der Waals surface area contributed by atoms with Gasteiger partial charge in [-0.05, 0) is 37.2 Å². The molecule has 60 heavy (non-hydrogen) atoms. The van der Waals surface area contributed by atoms with E-state index in [0.29, 0.717) is 24.0 Å². The number of nitrogens with two attached hydrogens (primary N) is 1. The molecule has 2 aliphatic carbocycles. The third-order valence-electron chi connectivity index (χ3n) is 13.1. The molecule has 0 saturated heterocycles. The number of carbonyl (C=O) groups excluding carboxylic acids is 5. The van der Waals surface area contributed by atoms with E-state index in [1.54, 1.807) is 19.9 Å². The third kappa shape index (κ3) is 18.7. The third-order valence-corrected chi connectivity index (χ3v) is 13.1. The normalized spacial score (nSPS) is 19.3. The molecule has 0 aromatic heterocycles. The number of unbranched alkanes of at least 4 members (excludes halogenated alkanes) is 26. The smallest absolute Gasteiger partial charge is 0.341 e. The van der Waals surface area contributed by atoms with Crippen molar-refractivity contribution in [3.05, 3.63) is 22.8 Å². The van der Waals surface area contributed by atoms with Gasteiger partial charge < -0.3 is 19.9 Å². The fourth-order valence-electron chi connectivity index (χ4n) is 9.38. The summed E-state index contributed by atoms with van der Waals surface area (Å²) < 4.78 is 15.9. The first-order chi connectivity index (χ1) is 29.0. The van der Waals surface area contributed by atoms with Gasteiger partial charge in [0.2, 0.25) is 0 Å². The molecule has 9 nitrogen and oxygen atoms in total. The number of fused-ring (bicyclic) bond motifs is 1. The molecule has 0 aromatic carbocycles. The van der Waals surface area contributed by atoms with Crippen LogP contribution in [0.15, 0.2) is 22.8 Å². The summed E-state index contributed by atoms with van der Waals surface area (Å²) in [5.74, 6) is -7.71. The Labute approximate surface area is 365 Å². The van der Waals surface area contributed by atoms with Gasteiger partial charge in [0.05, 0.1) is 26.1 Å². The molecule has 2 rings (SSSR count). The second-order valence-corrected chi connectivity index (χ2v) is 18.3. The summed E-state index contributed by atoms with van der Waals surface area (Å²) >= 11 is 0. The summed E-state index contributed by atoms with van der Waals surface area (Å²) in [6.45, 7) is 8.03. The van der Waals surface area contributed by atoms with Gasteiger partial charge in [0.1, 0.15) is 11.6 Å². The summed E-state index contributed by atoms with van der Waals surface area (Å²) in [7, 11) is 2.58. The number of hydrogen-bond donors (Lipinski definition) is 1. The van der Waals surface area contributed by atoms with Gasteiger partial charge in [0.25, 0.3) is 0 Å². The second-order valence-electron chi connectivity index (χ2n) is 18.3. The quantitative estimate of drug-likeness (QED) is 0.0165. The van der Waals surface area contributed by atoms with E-state index in [9.17, 15) is 24.0 Å². The zero-order valence-electron chi connectivity index (χ0n) is 39.1. The molecule has 344 valence electrons. The van der Waals surface area contributed by atoms with Gasteiger partial charge >= 0.3 is 23.9 Å². The van der Waals surface area contributed by atoms with Crippen molar-refractivity contribution < 1.29 is 38.2 Å². The van der Waals surface area contributed by atoms with Crippen LogP contribution in [-0.4, -0.2) is 49.9 Å². The average Bonchev–Trinajstić information content (AvgIpc) is 3.53. The van der Waals surface area contributed by atoms with Crippen LogP contribution >= 0.6 is 0 Å². The van der Waals surface area contributed by atoms with Crippen LogP contribution in [0.5, 0.6) is 0 Å². The number of carbonyl (C=O) groups is 5. The molecule has 5 atom stereocenters. The molecule has 0 spiro atoms. The Kier molecular flexibility index (Phi) is 28.4. The van der Waals surface area contributed by atoms with Crippen molar-refractivity contribution in [1.82, 2.24) is 0 Å². The summed E-state index contributed by atoms with van der Waals surface area (Å²) in [5.41, 5.74) is 7.23. The Morgan fingerprint density at radius 3 is 1.35 bits per heavy atom. The molecule has 2 N–H and O–H groups in total. The standard InChI is InChI=1S/C51H87NO8/c1-7-9-11-13-15-17-19-21-23-25-27-29-31-33-35-39-37-41(48(54)60-51(57)46(52)38(3)4)44-43(42(39)49(55)58-5)40(45(47(44)53)50(56)59-6)36-34-32-30-28-26-24-22-20-18-16-14-12-10-8-2/h37-38,41-44,46H,7-36,52H2,1-6H3. The molecule has 0 aliphatic heterocycles. The minimum absolute atomic E-state index is 0.0785. The van der Waals surface area contributed by atoms with Gasteiger partial charge in [-0.2, -0.15) is 0 Å². The Balaban J connectivity index is 2.15. The summed E-state index contributed by atoms with van der Waals surface area (Å²) in [6.07, 6.45) is 36.5. The fraction of sp³-hybridized carbons (Fsp3) is 0.824. The van der Waals surface area contributed by atoms with Crippen LogP contribution in [0.2, 0.25) is 0 Å². The fourth-order valence-corrected chi connectivity index (χ4v) is 9.38. The highest BCUT2D eigenvalue weighted by molar-refractivity contribution is 6.22. The number of allylic oxidation sites excluding steroid dienone is 1. The zero-order chi connectivity index (χ0) is 44.1. The molecule has 0 saturated carbocycles. The molecule has 9 heteroatoms. The Bertz CT molecular complexity index is 1330. The number of methoxy groups -OCH3 is 2. The van der Waals surface area contributed by atoms with Gasteiger partial charge in [0.15, 0.2) is 5.78 Å². The first kappa shape index (κ1) is 53.3. The Morgan fingerprint density at radius 1 is 0.567 bits per heavy atom. The van der Waals surface area contributed by atoms with Crippen LogP contribution in [-0.2, 0) is 38.2 Å². The number of ketones is 1. The zero-order valence-corrected chi connectivity index (χ0v) is 39.1. The maximum Gasteiger partial charge on any atom is 0.341 e. The van der Waals surface area contributed by atoms with E-state index in [0.717, 1.165) is 51.4 Å². The highest BCUT2D eigenvalue weighted by atomic mass is 16.6. The van der Waals surface area contributed by atoms with E-state index in [4.69, 9.17) is 19.9 Å². The largest absolute Gasteiger partial charge is 0.469 e. The van der Waals surface area contributed by atoms with E-state index in [1.165, 1.54) is 143 Å². The van der Waals surface area contributed by atoms with Gasteiger partial charge in [-0.15, -0.1) is 0 Å². The van der Waals surface area contributed by atoms with Gasteiger partial charge in [0, 0.05) is 11.8 Å². The molecule has 0 aromatic rings.